The summed E-state index contributed by atoms with van der Waals surface area (Å²) < 4.78 is 28.3. The number of allylic oxidation sites excluding steroid dienone is 10. The second kappa shape index (κ2) is 47.4. The van der Waals surface area contributed by atoms with Gasteiger partial charge in [0.05, 0.1) is 6.61 Å². The van der Waals surface area contributed by atoms with E-state index in [0.29, 0.717) is 19.3 Å². The monoisotopic (exact) mass is 1000 g/mol. The third kappa shape index (κ3) is 37.8. The number of aliphatic hydroxyl groups excluding tert-OH is 2. The van der Waals surface area contributed by atoms with E-state index < -0.39 is 67.3 Å². The van der Waals surface area contributed by atoms with E-state index in [0.717, 1.165) is 116 Å². The Morgan fingerprint density at radius 3 is 1.42 bits per heavy atom. The Labute approximate surface area is 430 Å². The van der Waals surface area contributed by atoms with Crippen LogP contribution in [0.25, 0.3) is 0 Å². The molecule has 0 saturated carbocycles. The van der Waals surface area contributed by atoms with E-state index in [1.165, 1.54) is 64.2 Å². The third-order valence-corrected chi connectivity index (χ3v) is 12.6. The summed E-state index contributed by atoms with van der Waals surface area (Å²) in [5.41, 5.74) is 0. The van der Waals surface area contributed by atoms with Crippen molar-refractivity contribution in [2.75, 3.05) is 13.2 Å². The number of esters is 3. The number of aliphatic carboxylic acids is 1. The highest BCUT2D eigenvalue weighted by atomic mass is 16.7. The zero-order chi connectivity index (χ0) is 51.8. The second-order valence-electron chi connectivity index (χ2n) is 19.2. The number of aliphatic hydroxyl groups is 2. The molecule has 6 atom stereocenters. The van der Waals surface area contributed by atoms with Gasteiger partial charge in [0.15, 0.2) is 24.6 Å². The largest absolute Gasteiger partial charge is 0.479 e. The Hall–Kier alpha value is -3.58. The maximum atomic E-state index is 13.1. The van der Waals surface area contributed by atoms with Crippen LogP contribution in [-0.2, 0) is 42.9 Å². The van der Waals surface area contributed by atoms with Gasteiger partial charge in [-0.3, -0.25) is 14.4 Å². The number of hydrogen-bond donors (Lipinski definition) is 3. The molecule has 6 unspecified atom stereocenters. The molecule has 12 nitrogen and oxygen atoms in total. The van der Waals surface area contributed by atoms with Crippen LogP contribution in [0.3, 0.4) is 0 Å². The summed E-state index contributed by atoms with van der Waals surface area (Å²) >= 11 is 0. The number of carboxylic acids is 1. The van der Waals surface area contributed by atoms with Crippen LogP contribution >= 0.6 is 0 Å². The van der Waals surface area contributed by atoms with Gasteiger partial charge in [-0.1, -0.05) is 204 Å². The van der Waals surface area contributed by atoms with Crippen LogP contribution in [-0.4, -0.2) is 89.2 Å². The summed E-state index contributed by atoms with van der Waals surface area (Å²) in [5.74, 6) is -3.17. The van der Waals surface area contributed by atoms with E-state index in [4.69, 9.17) is 23.7 Å². The predicted molar refractivity (Wildman–Crippen MR) is 285 cm³/mol. The average molecular weight is 1000 g/mol. The fraction of sp³-hybridized carbons (Fsp3) is 0.763. The number of ether oxygens (including phenoxy) is 5. The zero-order valence-corrected chi connectivity index (χ0v) is 44.7. The maximum absolute atomic E-state index is 13.1. The van der Waals surface area contributed by atoms with E-state index in [-0.39, 0.29) is 25.9 Å². The molecule has 1 rings (SSSR count). The molecular weight excluding hydrogens is 901 g/mol. The van der Waals surface area contributed by atoms with Crippen LogP contribution in [0, 0.1) is 0 Å². The number of hydrogen-bond acceptors (Lipinski definition) is 11. The van der Waals surface area contributed by atoms with Gasteiger partial charge in [0.1, 0.15) is 18.8 Å². The number of carbonyl (C=O) groups excluding carboxylic acids is 3. The fourth-order valence-electron chi connectivity index (χ4n) is 8.24. The quantitative estimate of drug-likeness (QED) is 0.0228. The molecule has 1 aliphatic rings. The lowest BCUT2D eigenvalue weighted by atomic mass is 9.98. The molecule has 0 spiro atoms. The van der Waals surface area contributed by atoms with Crippen molar-refractivity contribution in [1.29, 1.82) is 0 Å². The van der Waals surface area contributed by atoms with Gasteiger partial charge in [-0.25, -0.2) is 4.79 Å². The van der Waals surface area contributed by atoms with Crippen molar-refractivity contribution in [3.63, 3.8) is 0 Å². The van der Waals surface area contributed by atoms with Crippen molar-refractivity contribution in [2.45, 2.75) is 276 Å². The van der Waals surface area contributed by atoms with Crippen LogP contribution in [0.5, 0.6) is 0 Å². The number of rotatable bonds is 47. The number of carbonyl (C=O) groups is 4. The topological polar surface area (TPSA) is 175 Å². The standard InChI is InChI=1S/C59H100O12/c1-4-7-10-13-16-19-22-25-26-29-32-35-38-41-44-47-53(62)70-57-55(64)54(63)56(58(65)66)71-59(57)68-49-50(69-52(61)46-43-40-37-34-31-28-24-21-18-15-12-9-6-3)48-67-51(60)45-42-39-36-33-30-27-23-20-17-14-11-8-5-2/h8,11-12,15,17,20-21,24,27,30,50,54-57,59,63-64H,4-7,9-10,13-14,16,18-19,22-23,25-26,28-29,31-49H2,1-3H3,(H,65,66)/b11-8-,15-12-,20-17-,24-21-,30-27-. The highest BCUT2D eigenvalue weighted by Crippen LogP contribution is 2.26. The minimum Gasteiger partial charge on any atom is -0.479 e. The van der Waals surface area contributed by atoms with Gasteiger partial charge in [0.25, 0.3) is 0 Å². The molecule has 0 aliphatic carbocycles. The van der Waals surface area contributed by atoms with E-state index in [1.807, 2.05) is 0 Å². The summed E-state index contributed by atoms with van der Waals surface area (Å²) in [6.45, 7) is 5.77. The van der Waals surface area contributed by atoms with Crippen LogP contribution in [0.2, 0.25) is 0 Å². The summed E-state index contributed by atoms with van der Waals surface area (Å²) in [7, 11) is 0. The molecule has 408 valence electrons. The summed E-state index contributed by atoms with van der Waals surface area (Å²) in [6.07, 6.45) is 44.8. The maximum Gasteiger partial charge on any atom is 0.335 e. The Morgan fingerprint density at radius 1 is 0.479 bits per heavy atom. The average Bonchev–Trinajstić information content (AvgIpc) is 3.35. The minimum absolute atomic E-state index is 0.0582. The Morgan fingerprint density at radius 2 is 0.915 bits per heavy atom. The molecule has 71 heavy (non-hydrogen) atoms. The normalized spacial score (nSPS) is 18.9. The van der Waals surface area contributed by atoms with E-state index in [1.54, 1.807) is 0 Å². The molecule has 0 radical (unpaired) electrons. The Balaban J connectivity index is 2.72. The van der Waals surface area contributed by atoms with Crippen LogP contribution in [0.4, 0.5) is 0 Å². The van der Waals surface area contributed by atoms with Gasteiger partial charge >= 0.3 is 23.9 Å². The first-order valence-electron chi connectivity index (χ1n) is 28.3. The summed E-state index contributed by atoms with van der Waals surface area (Å²) in [6, 6.07) is 0. The molecule has 1 saturated heterocycles. The minimum atomic E-state index is -1.91. The first-order valence-corrected chi connectivity index (χ1v) is 28.3. The van der Waals surface area contributed by atoms with Crippen molar-refractivity contribution < 1.29 is 58.2 Å². The molecule has 0 aromatic carbocycles. The molecule has 1 fully saturated rings. The molecule has 0 amide bonds. The lowest BCUT2D eigenvalue weighted by molar-refractivity contribution is -0.301. The molecule has 1 heterocycles. The molecule has 0 aromatic rings. The smallest absolute Gasteiger partial charge is 0.335 e. The summed E-state index contributed by atoms with van der Waals surface area (Å²) in [4.78, 5) is 51.0. The van der Waals surface area contributed by atoms with E-state index in [2.05, 4.69) is 81.5 Å². The van der Waals surface area contributed by atoms with Crippen molar-refractivity contribution in [3.05, 3.63) is 60.8 Å². The predicted octanol–water partition coefficient (Wildman–Crippen LogP) is 14.0. The van der Waals surface area contributed by atoms with E-state index >= 15 is 0 Å². The molecule has 1 aliphatic heterocycles. The Kier molecular flexibility index (Phi) is 43.7. The lowest BCUT2D eigenvalue weighted by Gasteiger charge is -2.40. The zero-order valence-electron chi connectivity index (χ0n) is 44.7. The van der Waals surface area contributed by atoms with Crippen molar-refractivity contribution >= 4 is 23.9 Å². The van der Waals surface area contributed by atoms with Crippen molar-refractivity contribution in [3.8, 4) is 0 Å². The highest BCUT2D eigenvalue weighted by molar-refractivity contribution is 5.74. The van der Waals surface area contributed by atoms with Gasteiger partial charge < -0.3 is 39.0 Å². The van der Waals surface area contributed by atoms with Gasteiger partial charge in [-0.2, -0.15) is 0 Å². The van der Waals surface area contributed by atoms with E-state index in [9.17, 15) is 34.5 Å². The SMILES string of the molecule is CC/C=C\C/C=C\C/C=C\CCCCCC(=O)OCC(COC1OC(C(=O)O)C(O)C(O)C1OC(=O)CCCCCCCCCCCCCCCCC)OC(=O)CCCCCCC/C=C\C/C=C\CCC. The van der Waals surface area contributed by atoms with Crippen molar-refractivity contribution in [2.24, 2.45) is 0 Å². The third-order valence-electron chi connectivity index (χ3n) is 12.6. The number of unbranched alkanes of at least 4 members (excludes halogenated alkanes) is 23. The molecule has 0 bridgehead atoms. The first-order chi connectivity index (χ1) is 34.6. The fourth-order valence-corrected chi connectivity index (χ4v) is 8.24. The first kappa shape index (κ1) is 65.4. The van der Waals surface area contributed by atoms with Gasteiger partial charge in [-0.15, -0.1) is 0 Å². The van der Waals surface area contributed by atoms with Gasteiger partial charge in [-0.05, 0) is 77.0 Å². The second-order valence-corrected chi connectivity index (χ2v) is 19.2. The van der Waals surface area contributed by atoms with Crippen molar-refractivity contribution in [1.82, 2.24) is 0 Å². The number of carboxylic acid groups (broad SMARTS) is 1. The molecule has 12 heteroatoms. The lowest BCUT2D eigenvalue weighted by Crippen LogP contribution is -2.61. The molecule has 3 N–H and O–H groups in total. The van der Waals surface area contributed by atoms with Crippen LogP contribution in [0.1, 0.15) is 239 Å². The summed E-state index contributed by atoms with van der Waals surface area (Å²) in [5, 5.41) is 31.4. The van der Waals surface area contributed by atoms with Crippen LogP contribution in [0.15, 0.2) is 60.8 Å². The van der Waals surface area contributed by atoms with Gasteiger partial charge in [0, 0.05) is 19.3 Å². The van der Waals surface area contributed by atoms with Crippen LogP contribution < -0.4 is 0 Å². The Bertz CT molecular complexity index is 1470. The molecule has 0 aromatic heterocycles. The highest BCUT2D eigenvalue weighted by Gasteiger charge is 2.50. The van der Waals surface area contributed by atoms with Gasteiger partial charge in [0.2, 0.25) is 0 Å². The molecular formula is C59H100O12.